The average molecular weight is 663 g/mol. The van der Waals surface area contributed by atoms with Crippen LogP contribution in [0.3, 0.4) is 0 Å². The molecule has 3 heterocycles. The average Bonchev–Trinajstić information content (AvgIpc) is 3.53. The molecule has 0 saturated carbocycles. The second-order valence-corrected chi connectivity index (χ2v) is 11.8. The summed E-state index contributed by atoms with van der Waals surface area (Å²) in [7, 11) is 1.62. The predicted octanol–water partition coefficient (Wildman–Crippen LogP) is 7.64. The predicted molar refractivity (Wildman–Crippen MR) is 153 cm³/mol. The lowest BCUT2D eigenvalue weighted by Crippen LogP contribution is -2.33. The maximum atomic E-state index is 15.0. The minimum atomic E-state index is -4.01. The highest BCUT2D eigenvalue weighted by Gasteiger charge is 2.55. The number of aromatic nitrogens is 3. The van der Waals surface area contributed by atoms with E-state index in [9.17, 15) is 44.7 Å². The number of alkyl halides is 6. The van der Waals surface area contributed by atoms with Gasteiger partial charge in [-0.25, -0.2) is 26.3 Å². The minimum Gasteiger partial charge on any atom is -0.315 e. The summed E-state index contributed by atoms with van der Waals surface area (Å²) in [6.45, 7) is -1.04. The number of hydrogen-bond acceptors (Lipinski definition) is 4. The number of ketones is 1. The Morgan fingerprint density at radius 3 is 2.32 bits per heavy atom. The van der Waals surface area contributed by atoms with Gasteiger partial charge >= 0.3 is 0 Å². The van der Waals surface area contributed by atoms with E-state index in [1.807, 2.05) is 0 Å². The molecule has 0 bridgehead atoms. The maximum absolute atomic E-state index is 15.0. The summed E-state index contributed by atoms with van der Waals surface area (Å²) in [5.41, 5.74) is -1.70. The van der Waals surface area contributed by atoms with Crippen molar-refractivity contribution < 1.29 is 44.7 Å². The van der Waals surface area contributed by atoms with Crippen molar-refractivity contribution in [2.45, 2.75) is 62.8 Å². The highest BCUT2D eigenvalue weighted by atomic mass is 19.3. The van der Waals surface area contributed by atoms with Gasteiger partial charge in [0, 0.05) is 55.7 Å². The molecule has 0 fully saturated rings. The molecule has 1 aliphatic heterocycles. The van der Waals surface area contributed by atoms with Crippen molar-refractivity contribution in [3.05, 3.63) is 100 Å². The smallest absolute Gasteiger partial charge is 0.290 e. The molecule has 2 aliphatic rings. The van der Waals surface area contributed by atoms with Gasteiger partial charge in [-0.05, 0) is 47.4 Å². The molecule has 6 rings (SSSR count). The van der Waals surface area contributed by atoms with Gasteiger partial charge in [-0.2, -0.15) is 13.9 Å². The van der Waals surface area contributed by atoms with E-state index in [0.717, 1.165) is 12.1 Å². The Balaban J connectivity index is 1.41. The quantitative estimate of drug-likeness (QED) is 0.173. The summed E-state index contributed by atoms with van der Waals surface area (Å²) in [6.07, 6.45) is -5.51. The number of carbonyl (C=O) groups is 2. The first-order valence-corrected chi connectivity index (χ1v) is 14.6. The summed E-state index contributed by atoms with van der Waals surface area (Å²) in [4.78, 5) is 32.1. The first kappa shape index (κ1) is 32.3. The third-order valence-electron chi connectivity index (χ3n) is 8.59. The number of rotatable bonds is 9. The van der Waals surface area contributed by atoms with Crippen molar-refractivity contribution in [2.24, 2.45) is 0 Å². The van der Waals surface area contributed by atoms with Crippen LogP contribution in [0.5, 0.6) is 0 Å². The van der Waals surface area contributed by atoms with Crippen LogP contribution >= 0.6 is 0 Å². The van der Waals surface area contributed by atoms with Crippen LogP contribution in [0.15, 0.2) is 54.7 Å². The molecule has 2 aromatic heterocycles. The molecule has 1 aliphatic carbocycles. The van der Waals surface area contributed by atoms with Gasteiger partial charge in [0.05, 0.1) is 17.7 Å². The van der Waals surface area contributed by atoms with Crippen molar-refractivity contribution in [3.63, 3.8) is 0 Å². The Labute approximate surface area is 263 Å². The minimum absolute atomic E-state index is 0.0742. The molecule has 4 aromatic rings. The third kappa shape index (κ3) is 6.00. The SMILES string of the molecule is CN1C(=O)Cc2c(-c3cccnc3[C@@H](CC(=O)Cn3nc(C(F)F)c4c3C(F)(F)CCC4(F)F)Cc3cc(F)cc(F)c3)cccc21. The monoisotopic (exact) mass is 662 g/mol. The van der Waals surface area contributed by atoms with Crippen molar-refractivity contribution in [2.75, 3.05) is 11.9 Å². The lowest BCUT2D eigenvalue weighted by Gasteiger charge is -2.29. The van der Waals surface area contributed by atoms with E-state index in [1.165, 1.54) is 11.1 Å². The fourth-order valence-electron chi connectivity index (χ4n) is 6.52. The van der Waals surface area contributed by atoms with Crippen LogP contribution < -0.4 is 4.90 Å². The highest BCUT2D eigenvalue weighted by molar-refractivity contribution is 6.03. The van der Waals surface area contributed by atoms with E-state index < -0.39 is 84.4 Å². The Bertz CT molecular complexity index is 1870. The molecule has 1 atom stereocenters. The highest BCUT2D eigenvalue weighted by Crippen LogP contribution is 2.52. The Kier molecular flexibility index (Phi) is 8.17. The van der Waals surface area contributed by atoms with Gasteiger partial charge in [0.25, 0.3) is 18.3 Å². The molecular weight excluding hydrogens is 636 g/mol. The van der Waals surface area contributed by atoms with Crippen LogP contribution in [0, 0.1) is 11.6 Å². The normalized spacial score (nSPS) is 17.1. The molecule has 0 radical (unpaired) electrons. The van der Waals surface area contributed by atoms with Crippen molar-refractivity contribution in [3.8, 4) is 11.1 Å². The Morgan fingerprint density at radius 2 is 1.62 bits per heavy atom. The van der Waals surface area contributed by atoms with Crippen LogP contribution in [0.2, 0.25) is 0 Å². The first-order valence-electron chi connectivity index (χ1n) is 14.6. The first-order chi connectivity index (χ1) is 22.2. The van der Waals surface area contributed by atoms with Crippen LogP contribution in [0.4, 0.5) is 40.8 Å². The molecule has 1 amide bonds. The lowest BCUT2D eigenvalue weighted by molar-refractivity contribution is -0.121. The van der Waals surface area contributed by atoms with Gasteiger partial charge < -0.3 is 4.90 Å². The van der Waals surface area contributed by atoms with Crippen LogP contribution in [0.25, 0.3) is 11.1 Å². The van der Waals surface area contributed by atoms with Gasteiger partial charge in [-0.15, -0.1) is 0 Å². The molecule has 14 heteroatoms. The summed E-state index contributed by atoms with van der Waals surface area (Å²) >= 11 is 0. The molecule has 0 unspecified atom stereocenters. The largest absolute Gasteiger partial charge is 0.315 e. The number of halogens is 8. The fourth-order valence-corrected chi connectivity index (χ4v) is 6.52. The van der Waals surface area contributed by atoms with E-state index in [2.05, 4.69) is 10.1 Å². The topological polar surface area (TPSA) is 68.1 Å². The number of carbonyl (C=O) groups excluding carboxylic acids is 2. The van der Waals surface area contributed by atoms with E-state index in [-0.39, 0.29) is 34.7 Å². The number of Topliss-reactive ketones (excluding diaryl/α,β-unsaturated/α-hetero) is 1. The number of pyridine rings is 1. The number of benzene rings is 2. The second-order valence-electron chi connectivity index (χ2n) is 11.8. The number of fused-ring (bicyclic) bond motifs is 2. The Hall–Kier alpha value is -4.62. The van der Waals surface area contributed by atoms with Crippen LogP contribution in [-0.4, -0.2) is 33.5 Å². The van der Waals surface area contributed by atoms with Gasteiger partial charge in [-0.3, -0.25) is 19.3 Å². The summed E-state index contributed by atoms with van der Waals surface area (Å²) < 4.78 is 115. The molecular formula is C33H26F8N4O2. The van der Waals surface area contributed by atoms with Gasteiger partial charge in [-0.1, -0.05) is 18.2 Å². The number of nitrogens with zero attached hydrogens (tertiary/aromatic N) is 4. The zero-order valence-corrected chi connectivity index (χ0v) is 24.7. The molecule has 2 aromatic carbocycles. The lowest BCUT2D eigenvalue weighted by atomic mass is 9.85. The number of hydrogen-bond donors (Lipinski definition) is 0. The molecule has 6 nitrogen and oxygen atoms in total. The van der Waals surface area contributed by atoms with Crippen LogP contribution in [0.1, 0.15) is 65.4 Å². The van der Waals surface area contributed by atoms with E-state index in [0.29, 0.717) is 28.4 Å². The van der Waals surface area contributed by atoms with Crippen LogP contribution in [-0.2, 0) is 40.8 Å². The van der Waals surface area contributed by atoms with Crippen molar-refractivity contribution in [1.29, 1.82) is 0 Å². The van der Waals surface area contributed by atoms with Gasteiger partial charge in [0.15, 0.2) is 5.78 Å². The summed E-state index contributed by atoms with van der Waals surface area (Å²) in [5, 5.41) is 3.36. The van der Waals surface area contributed by atoms with Crippen molar-refractivity contribution >= 4 is 17.4 Å². The molecule has 0 spiro atoms. The van der Waals surface area contributed by atoms with E-state index in [4.69, 9.17) is 0 Å². The standard InChI is InChI=1S/C33H26F8N4O2/c1-44-25-6-2-4-22(24(25)15-26(44)47)23-5-3-9-42-28(23)18(10-17-11-19(34)14-20(35)12-17)13-21(46)16-45-30-27(29(43-45)31(36)37)32(38,39)7-8-33(30,40)41/h2-6,9,11-12,14,18,31H,7-8,10,13,15-16H2,1H3/t18-/m1/s1. The number of amides is 1. The van der Waals surface area contributed by atoms with E-state index >= 15 is 0 Å². The second kappa shape index (κ2) is 11.9. The number of likely N-dealkylation sites (N-methyl/N-ethyl adjacent to an activating group) is 1. The molecule has 0 N–H and O–H groups in total. The molecule has 47 heavy (non-hydrogen) atoms. The zero-order valence-electron chi connectivity index (χ0n) is 24.7. The Morgan fingerprint density at radius 1 is 0.936 bits per heavy atom. The zero-order chi connectivity index (χ0) is 33.8. The summed E-state index contributed by atoms with van der Waals surface area (Å²) in [5.74, 6) is -11.7. The van der Waals surface area contributed by atoms with Crippen molar-refractivity contribution in [1.82, 2.24) is 14.8 Å². The van der Waals surface area contributed by atoms with E-state index in [1.54, 1.807) is 37.4 Å². The molecule has 246 valence electrons. The maximum Gasteiger partial charge on any atom is 0.290 e. The third-order valence-corrected chi connectivity index (χ3v) is 8.59. The summed E-state index contributed by atoms with van der Waals surface area (Å²) in [6, 6.07) is 11.3. The number of anilines is 1. The molecule has 0 saturated heterocycles. The van der Waals surface area contributed by atoms with Gasteiger partial charge in [0.1, 0.15) is 29.6 Å². The van der Waals surface area contributed by atoms with Gasteiger partial charge in [0.2, 0.25) is 5.91 Å². The fraction of sp³-hybridized carbons (Fsp3) is 0.333.